The maximum absolute atomic E-state index is 10.1. The van der Waals surface area contributed by atoms with E-state index in [-0.39, 0.29) is 0 Å². The van der Waals surface area contributed by atoms with Crippen LogP contribution in [0.5, 0.6) is 0 Å². The number of rotatable bonds is 0. The molecule has 0 saturated heterocycles. The van der Waals surface area contributed by atoms with Gasteiger partial charge in [0.2, 0.25) is 0 Å². The van der Waals surface area contributed by atoms with Gasteiger partial charge in [0.1, 0.15) is 4.38 Å². The highest BCUT2D eigenvalue weighted by Gasteiger charge is 1.94. The molecule has 2 amide bonds. The predicted molar refractivity (Wildman–Crippen MR) is 44.0 cm³/mol. The van der Waals surface area contributed by atoms with Gasteiger partial charge in [-0.05, 0) is 12.5 Å². The number of primary amides is 1. The lowest BCUT2D eigenvalue weighted by atomic mass is 11.1. The van der Waals surface area contributed by atoms with Crippen molar-refractivity contribution in [2.75, 3.05) is 12.5 Å². The zero-order valence-corrected chi connectivity index (χ0v) is 6.88. The normalized spacial score (nSPS) is 8.67. The van der Waals surface area contributed by atoms with Crippen molar-refractivity contribution in [3.05, 3.63) is 0 Å². The van der Waals surface area contributed by atoms with Gasteiger partial charge in [-0.2, -0.15) is 4.99 Å². The average molecular weight is 164 g/mol. The number of hydrogen-bond donors (Lipinski definition) is 1. The van der Waals surface area contributed by atoms with Crippen LogP contribution in [0.15, 0.2) is 4.99 Å². The Bertz CT molecular complexity index is 129. The van der Waals surface area contributed by atoms with Crippen molar-refractivity contribution in [3.63, 3.8) is 0 Å². The summed E-state index contributed by atoms with van der Waals surface area (Å²) in [6.45, 7) is 0. The summed E-state index contributed by atoms with van der Waals surface area (Å²) in [5.74, 6) is 0. The van der Waals surface area contributed by atoms with E-state index in [0.717, 1.165) is 0 Å². The zero-order chi connectivity index (χ0) is 7.28. The van der Waals surface area contributed by atoms with Gasteiger partial charge in [0.05, 0.1) is 0 Å². The molecule has 0 unspecified atom stereocenters. The number of carbonyl (C=O) groups excluding carboxylic acids is 1. The smallest absolute Gasteiger partial charge is 0.339 e. The highest BCUT2D eigenvalue weighted by atomic mass is 32.2. The molecular formula is C4H8N2OS2. The first kappa shape index (κ1) is 8.84. The molecule has 52 valence electrons. The largest absolute Gasteiger partial charge is 0.350 e. The van der Waals surface area contributed by atoms with Crippen LogP contribution < -0.4 is 5.73 Å². The Labute approximate surface area is 62.5 Å². The molecule has 0 aromatic rings. The fourth-order valence-electron chi connectivity index (χ4n) is 0.265. The van der Waals surface area contributed by atoms with Crippen LogP contribution in [0, 0.1) is 0 Å². The first-order valence-electron chi connectivity index (χ1n) is 2.16. The molecule has 0 aromatic carbocycles. The number of thioether (sulfide) groups is 2. The molecule has 0 aliphatic carbocycles. The maximum Gasteiger partial charge on any atom is 0.339 e. The van der Waals surface area contributed by atoms with Crippen molar-refractivity contribution in [3.8, 4) is 0 Å². The SMILES string of the molecule is CSC(=NC(N)=O)SC. The summed E-state index contributed by atoms with van der Waals surface area (Å²) in [6.07, 6.45) is 3.69. The Morgan fingerprint density at radius 3 is 2.00 bits per heavy atom. The molecule has 0 fully saturated rings. The van der Waals surface area contributed by atoms with Gasteiger partial charge in [-0.25, -0.2) is 4.79 Å². The van der Waals surface area contributed by atoms with Gasteiger partial charge < -0.3 is 5.73 Å². The van der Waals surface area contributed by atoms with Crippen LogP contribution in [-0.2, 0) is 0 Å². The van der Waals surface area contributed by atoms with E-state index in [4.69, 9.17) is 5.73 Å². The summed E-state index contributed by atoms with van der Waals surface area (Å²) in [5.41, 5.74) is 4.79. The van der Waals surface area contributed by atoms with E-state index in [9.17, 15) is 4.79 Å². The van der Waals surface area contributed by atoms with Crippen LogP contribution in [0.1, 0.15) is 0 Å². The third-order valence-corrected chi connectivity index (χ3v) is 2.43. The van der Waals surface area contributed by atoms with Crippen molar-refractivity contribution >= 4 is 33.9 Å². The van der Waals surface area contributed by atoms with Crippen LogP contribution in [0.2, 0.25) is 0 Å². The van der Waals surface area contributed by atoms with Crippen LogP contribution in [0.3, 0.4) is 0 Å². The molecular weight excluding hydrogens is 156 g/mol. The Morgan fingerprint density at radius 1 is 1.44 bits per heavy atom. The highest BCUT2D eigenvalue weighted by molar-refractivity contribution is 8.38. The lowest BCUT2D eigenvalue weighted by Crippen LogP contribution is -2.05. The van der Waals surface area contributed by atoms with Gasteiger partial charge in [-0.1, -0.05) is 0 Å². The molecule has 9 heavy (non-hydrogen) atoms. The molecule has 3 nitrogen and oxygen atoms in total. The Hall–Kier alpha value is -0.160. The van der Waals surface area contributed by atoms with Crippen molar-refractivity contribution in [2.24, 2.45) is 10.7 Å². The Kier molecular flexibility index (Phi) is 4.61. The third kappa shape index (κ3) is 4.35. The molecule has 0 heterocycles. The van der Waals surface area contributed by atoms with Gasteiger partial charge >= 0.3 is 6.03 Å². The summed E-state index contributed by atoms with van der Waals surface area (Å²) in [7, 11) is 0. The minimum Gasteiger partial charge on any atom is -0.350 e. The number of hydrogen-bond acceptors (Lipinski definition) is 3. The molecule has 0 aliphatic heterocycles. The van der Waals surface area contributed by atoms with E-state index in [1.165, 1.54) is 23.5 Å². The first-order chi connectivity index (χ1) is 4.20. The van der Waals surface area contributed by atoms with E-state index in [0.29, 0.717) is 4.38 Å². The molecule has 0 bridgehead atoms. The fraction of sp³-hybridized carbons (Fsp3) is 0.500. The molecule has 0 radical (unpaired) electrons. The molecule has 5 heteroatoms. The predicted octanol–water partition coefficient (Wildman–Crippen LogP) is 1.15. The topological polar surface area (TPSA) is 55.4 Å². The highest BCUT2D eigenvalue weighted by Crippen LogP contribution is 2.09. The van der Waals surface area contributed by atoms with Crippen LogP contribution >= 0.6 is 23.5 Å². The number of aliphatic imine (C=N–C) groups is 1. The summed E-state index contributed by atoms with van der Waals surface area (Å²) in [6, 6.07) is -0.631. The van der Waals surface area contributed by atoms with Crippen LogP contribution in [-0.4, -0.2) is 22.9 Å². The number of urea groups is 1. The minimum atomic E-state index is -0.631. The second-order valence-electron chi connectivity index (χ2n) is 1.12. The molecule has 0 saturated carbocycles. The molecule has 0 aromatic heterocycles. The summed E-state index contributed by atoms with van der Waals surface area (Å²) < 4.78 is 0.697. The van der Waals surface area contributed by atoms with Gasteiger partial charge in [0.15, 0.2) is 0 Å². The number of amides is 2. The van der Waals surface area contributed by atoms with E-state index in [2.05, 4.69) is 4.99 Å². The summed E-state index contributed by atoms with van der Waals surface area (Å²) in [4.78, 5) is 13.6. The van der Waals surface area contributed by atoms with E-state index in [1.54, 1.807) is 0 Å². The number of nitrogens with two attached hydrogens (primary N) is 1. The van der Waals surface area contributed by atoms with Gasteiger partial charge in [-0.3, -0.25) is 0 Å². The van der Waals surface area contributed by atoms with Gasteiger partial charge in [0.25, 0.3) is 0 Å². The summed E-state index contributed by atoms with van der Waals surface area (Å²) >= 11 is 2.82. The molecule has 2 N–H and O–H groups in total. The van der Waals surface area contributed by atoms with Crippen LogP contribution in [0.25, 0.3) is 0 Å². The average Bonchev–Trinajstić information content (AvgIpc) is 1.82. The van der Waals surface area contributed by atoms with Crippen molar-refractivity contribution in [1.29, 1.82) is 0 Å². The van der Waals surface area contributed by atoms with Crippen molar-refractivity contribution in [2.45, 2.75) is 0 Å². The Balaban J connectivity index is 3.91. The fourth-order valence-corrected chi connectivity index (χ4v) is 1.29. The number of carbonyl (C=O) groups is 1. The maximum atomic E-state index is 10.1. The van der Waals surface area contributed by atoms with Crippen molar-refractivity contribution < 1.29 is 4.79 Å². The molecule has 0 atom stereocenters. The van der Waals surface area contributed by atoms with Gasteiger partial charge in [-0.15, -0.1) is 23.5 Å². The minimum absolute atomic E-state index is 0.631. The van der Waals surface area contributed by atoms with Gasteiger partial charge in [0, 0.05) is 0 Å². The molecule has 0 rings (SSSR count). The van der Waals surface area contributed by atoms with E-state index < -0.39 is 6.03 Å². The van der Waals surface area contributed by atoms with Crippen LogP contribution in [0.4, 0.5) is 4.79 Å². The second-order valence-corrected chi connectivity index (χ2v) is 2.97. The monoisotopic (exact) mass is 164 g/mol. The van der Waals surface area contributed by atoms with E-state index in [1.807, 2.05) is 12.5 Å². The number of nitrogens with zero attached hydrogens (tertiary/aromatic N) is 1. The molecule has 0 spiro atoms. The first-order valence-corrected chi connectivity index (χ1v) is 4.61. The van der Waals surface area contributed by atoms with Crippen molar-refractivity contribution in [1.82, 2.24) is 0 Å². The standard InChI is InChI=1S/C4H8N2OS2/c1-8-4(9-2)6-3(5)7/h1-2H3,(H2,5,7). The Morgan fingerprint density at radius 2 is 1.89 bits per heavy atom. The lowest BCUT2D eigenvalue weighted by molar-refractivity contribution is 0.257. The lowest BCUT2D eigenvalue weighted by Gasteiger charge is -1.92. The summed E-state index contributed by atoms with van der Waals surface area (Å²) in [5, 5.41) is 0. The van der Waals surface area contributed by atoms with E-state index >= 15 is 0 Å². The quantitative estimate of drug-likeness (QED) is 0.431. The third-order valence-electron chi connectivity index (χ3n) is 0.551. The zero-order valence-electron chi connectivity index (χ0n) is 5.25. The second kappa shape index (κ2) is 4.69. The molecule has 0 aliphatic rings.